The van der Waals surface area contributed by atoms with Crippen molar-refractivity contribution in [3.63, 3.8) is 0 Å². The number of esters is 1. The summed E-state index contributed by atoms with van der Waals surface area (Å²) >= 11 is 0. The predicted molar refractivity (Wildman–Crippen MR) is 68.0 cm³/mol. The van der Waals surface area contributed by atoms with Gasteiger partial charge in [0.2, 0.25) is 0 Å². The number of ether oxygens (including phenoxy) is 1. The second kappa shape index (κ2) is 4.61. The molecule has 0 amide bonds. The van der Waals surface area contributed by atoms with E-state index in [4.69, 9.17) is 4.74 Å². The van der Waals surface area contributed by atoms with Crippen LogP contribution in [0.3, 0.4) is 0 Å². The molecule has 3 nitrogen and oxygen atoms in total. The highest BCUT2D eigenvalue weighted by Gasteiger charge is 2.66. The minimum Gasteiger partial charge on any atom is -0.468 e. The molecule has 0 spiro atoms. The quantitative estimate of drug-likeness (QED) is 0.476. The lowest BCUT2D eigenvalue weighted by Gasteiger charge is -2.14. The van der Waals surface area contributed by atoms with Gasteiger partial charge in [0.05, 0.1) is 7.11 Å². The maximum Gasteiger partial charge on any atom is 0.320 e. The van der Waals surface area contributed by atoms with E-state index < -0.39 is 11.4 Å². The molecule has 4 heteroatoms. The van der Waals surface area contributed by atoms with Crippen molar-refractivity contribution >= 4 is 11.8 Å². The van der Waals surface area contributed by atoms with Gasteiger partial charge in [-0.1, -0.05) is 18.7 Å². The number of Topliss-reactive ketones (excluding diaryl/α,β-unsaturated/α-hetero) is 1. The summed E-state index contributed by atoms with van der Waals surface area (Å²) in [7, 11) is 1.26. The summed E-state index contributed by atoms with van der Waals surface area (Å²) in [5.41, 5.74) is -0.0743. The Morgan fingerprint density at radius 2 is 1.95 bits per heavy atom. The Morgan fingerprint density at radius 1 is 1.37 bits per heavy atom. The second-order valence-corrected chi connectivity index (χ2v) is 4.88. The molecule has 1 saturated carbocycles. The predicted octanol–water partition coefficient (Wildman–Crippen LogP) is 2.62. The van der Waals surface area contributed by atoms with E-state index in [0.29, 0.717) is 12.0 Å². The number of hydrogen-bond donors (Lipinski definition) is 0. The van der Waals surface area contributed by atoms with Crippen molar-refractivity contribution in [1.82, 2.24) is 0 Å². The summed E-state index contributed by atoms with van der Waals surface area (Å²) in [6.45, 7) is 5.18. The molecule has 2 rings (SSSR count). The summed E-state index contributed by atoms with van der Waals surface area (Å²) in [5, 5.41) is 0. The highest BCUT2D eigenvalue weighted by atomic mass is 19.1. The van der Waals surface area contributed by atoms with Crippen molar-refractivity contribution in [2.24, 2.45) is 5.41 Å². The molecule has 19 heavy (non-hydrogen) atoms. The Hall–Kier alpha value is -1.97. The number of hydrogen-bond acceptors (Lipinski definition) is 3. The number of rotatable bonds is 4. The van der Waals surface area contributed by atoms with Crippen LogP contribution in [0, 0.1) is 11.2 Å². The largest absolute Gasteiger partial charge is 0.468 e. The van der Waals surface area contributed by atoms with Crippen LogP contribution < -0.4 is 0 Å². The zero-order valence-electron chi connectivity index (χ0n) is 10.9. The van der Waals surface area contributed by atoms with Gasteiger partial charge in [0.1, 0.15) is 11.2 Å². The summed E-state index contributed by atoms with van der Waals surface area (Å²) < 4.78 is 17.7. The molecule has 0 aliphatic heterocycles. The topological polar surface area (TPSA) is 43.4 Å². The zero-order valence-corrected chi connectivity index (χ0v) is 10.9. The third-order valence-electron chi connectivity index (χ3n) is 3.58. The molecule has 1 aromatic carbocycles. The normalized spacial score (nSPS) is 24.7. The van der Waals surface area contributed by atoms with E-state index in [-0.39, 0.29) is 17.5 Å². The Labute approximate surface area is 111 Å². The first kappa shape index (κ1) is 13.5. The lowest BCUT2D eigenvalue weighted by Crippen LogP contribution is -2.29. The molecule has 1 fully saturated rings. The van der Waals surface area contributed by atoms with Crippen molar-refractivity contribution in [3.8, 4) is 0 Å². The van der Waals surface area contributed by atoms with E-state index in [0.717, 1.165) is 5.56 Å². The fraction of sp³-hybridized carbons (Fsp3) is 0.333. The fourth-order valence-corrected chi connectivity index (χ4v) is 2.49. The minimum absolute atomic E-state index is 0.259. The highest BCUT2D eigenvalue weighted by Crippen LogP contribution is 2.61. The SMILES string of the molecule is C=C(C)C(=O)C1(C(=O)OC)CC1c1ccc(F)cc1. The fourth-order valence-electron chi connectivity index (χ4n) is 2.49. The summed E-state index contributed by atoms with van der Waals surface area (Å²) in [5.74, 6) is -1.45. The molecule has 1 aromatic rings. The van der Waals surface area contributed by atoms with Crippen LogP contribution in [0.5, 0.6) is 0 Å². The molecule has 0 aromatic heterocycles. The molecule has 0 radical (unpaired) electrons. The van der Waals surface area contributed by atoms with Gasteiger partial charge >= 0.3 is 5.97 Å². The minimum atomic E-state index is -1.17. The smallest absolute Gasteiger partial charge is 0.320 e. The number of benzene rings is 1. The van der Waals surface area contributed by atoms with Gasteiger partial charge < -0.3 is 4.74 Å². The molecule has 0 bridgehead atoms. The maximum atomic E-state index is 12.9. The second-order valence-electron chi connectivity index (χ2n) is 4.88. The number of methoxy groups -OCH3 is 1. The Balaban J connectivity index is 2.35. The van der Waals surface area contributed by atoms with Crippen LogP contribution in [0.1, 0.15) is 24.8 Å². The molecule has 2 unspecified atom stereocenters. The van der Waals surface area contributed by atoms with Gasteiger partial charge in [-0.2, -0.15) is 0 Å². The average Bonchev–Trinajstić information content (AvgIpc) is 3.14. The van der Waals surface area contributed by atoms with Crippen molar-refractivity contribution in [2.45, 2.75) is 19.3 Å². The van der Waals surface area contributed by atoms with Crippen molar-refractivity contribution in [3.05, 3.63) is 47.8 Å². The Bertz CT molecular complexity index is 547. The molecule has 2 atom stereocenters. The average molecular weight is 262 g/mol. The molecule has 1 aliphatic carbocycles. The standard InChI is InChI=1S/C15H15FO3/c1-9(2)13(17)15(14(18)19-3)8-12(15)10-4-6-11(16)7-5-10/h4-7,12H,1,8H2,2-3H3. The molecular weight excluding hydrogens is 247 g/mol. The van der Waals surface area contributed by atoms with E-state index in [1.165, 1.54) is 19.2 Å². The Kier molecular flexibility index (Phi) is 3.27. The Morgan fingerprint density at radius 3 is 2.42 bits per heavy atom. The van der Waals surface area contributed by atoms with Crippen molar-refractivity contribution in [2.75, 3.05) is 7.11 Å². The summed E-state index contributed by atoms with van der Waals surface area (Å²) in [6, 6.07) is 5.83. The summed E-state index contributed by atoms with van der Waals surface area (Å²) in [4.78, 5) is 24.1. The van der Waals surface area contributed by atoms with Crippen LogP contribution in [-0.4, -0.2) is 18.9 Å². The van der Waals surface area contributed by atoms with Gasteiger partial charge in [0.15, 0.2) is 5.78 Å². The first-order valence-electron chi connectivity index (χ1n) is 5.97. The third kappa shape index (κ3) is 2.07. The number of carbonyl (C=O) groups excluding carboxylic acids is 2. The number of halogens is 1. The van der Waals surface area contributed by atoms with Gasteiger partial charge in [-0.25, -0.2) is 4.39 Å². The third-order valence-corrected chi connectivity index (χ3v) is 3.58. The first-order chi connectivity index (χ1) is 8.93. The lowest BCUT2D eigenvalue weighted by atomic mass is 9.91. The van der Waals surface area contributed by atoms with Crippen LogP contribution in [-0.2, 0) is 14.3 Å². The zero-order chi connectivity index (χ0) is 14.2. The lowest BCUT2D eigenvalue weighted by molar-refractivity contribution is -0.150. The van der Waals surface area contributed by atoms with E-state index in [1.807, 2.05) is 0 Å². The monoisotopic (exact) mass is 262 g/mol. The molecule has 0 saturated heterocycles. The number of ketones is 1. The molecule has 100 valence electrons. The van der Waals surface area contributed by atoms with Gasteiger partial charge in [-0.05, 0) is 36.6 Å². The van der Waals surface area contributed by atoms with E-state index in [2.05, 4.69) is 6.58 Å². The van der Waals surface area contributed by atoms with Crippen LogP contribution >= 0.6 is 0 Å². The van der Waals surface area contributed by atoms with Crippen LogP contribution in [0.2, 0.25) is 0 Å². The van der Waals surface area contributed by atoms with Gasteiger partial charge in [0, 0.05) is 5.92 Å². The van der Waals surface area contributed by atoms with E-state index in [1.54, 1.807) is 19.1 Å². The molecule has 0 N–H and O–H groups in total. The summed E-state index contributed by atoms with van der Waals surface area (Å²) in [6.07, 6.45) is 0.386. The van der Waals surface area contributed by atoms with E-state index >= 15 is 0 Å². The van der Waals surface area contributed by atoms with Crippen LogP contribution in [0.25, 0.3) is 0 Å². The number of carbonyl (C=O) groups is 2. The maximum absolute atomic E-state index is 12.9. The van der Waals surface area contributed by atoms with Gasteiger partial charge in [-0.15, -0.1) is 0 Å². The molecule has 0 heterocycles. The molecule has 1 aliphatic rings. The molecular formula is C15H15FO3. The van der Waals surface area contributed by atoms with Crippen LogP contribution in [0.15, 0.2) is 36.4 Å². The van der Waals surface area contributed by atoms with Crippen molar-refractivity contribution in [1.29, 1.82) is 0 Å². The highest BCUT2D eigenvalue weighted by molar-refractivity contribution is 6.15. The number of allylic oxidation sites excluding steroid dienone is 1. The first-order valence-corrected chi connectivity index (χ1v) is 5.97. The van der Waals surface area contributed by atoms with Crippen molar-refractivity contribution < 1.29 is 18.7 Å². The van der Waals surface area contributed by atoms with Crippen LogP contribution in [0.4, 0.5) is 4.39 Å². The van der Waals surface area contributed by atoms with Gasteiger partial charge in [-0.3, -0.25) is 9.59 Å². The van der Waals surface area contributed by atoms with Gasteiger partial charge in [0.25, 0.3) is 0 Å². The van der Waals surface area contributed by atoms with E-state index in [9.17, 15) is 14.0 Å².